The molecule has 5 heteroatoms. The van der Waals surface area contributed by atoms with Crippen molar-refractivity contribution in [2.45, 2.75) is 19.4 Å². The van der Waals surface area contributed by atoms with Crippen LogP contribution in [0.5, 0.6) is 0 Å². The number of nitrogens with one attached hydrogen (secondary N) is 1. The van der Waals surface area contributed by atoms with E-state index in [2.05, 4.69) is 10.3 Å². The highest BCUT2D eigenvalue weighted by Gasteiger charge is 2.22. The molecule has 0 saturated heterocycles. The molecule has 0 bridgehead atoms. The quantitative estimate of drug-likeness (QED) is 0.496. The van der Waals surface area contributed by atoms with E-state index < -0.39 is 0 Å². The molecule has 0 radical (unpaired) electrons. The number of carbonyl (C=O) groups excluding carboxylic acids is 1. The van der Waals surface area contributed by atoms with E-state index in [9.17, 15) is 4.79 Å². The minimum atomic E-state index is -0.363. The lowest BCUT2D eigenvalue weighted by Gasteiger charge is -2.17. The normalized spacial score (nSPS) is 10.9. The maximum absolute atomic E-state index is 13.0. The van der Waals surface area contributed by atoms with Crippen LogP contribution in [0.15, 0.2) is 82.6 Å². The van der Waals surface area contributed by atoms with E-state index in [-0.39, 0.29) is 11.8 Å². The van der Waals surface area contributed by atoms with Gasteiger partial charge in [-0.3, -0.25) is 4.79 Å². The van der Waals surface area contributed by atoms with Crippen LogP contribution in [-0.4, -0.2) is 10.9 Å². The standard InChI is InChI=1S/C23H20N2O2S/c1-16-25-20(15-28-16)21-13-12-19(27-21)14-24-23(26)22(17-8-4-2-5-9-17)18-10-6-3-7-11-18/h2-13,15,22H,14H2,1H3,(H,24,26). The third kappa shape index (κ3) is 4.05. The van der Waals surface area contributed by atoms with Crippen LogP contribution in [0.3, 0.4) is 0 Å². The van der Waals surface area contributed by atoms with Gasteiger partial charge >= 0.3 is 0 Å². The Bertz CT molecular complexity index is 1010. The molecular formula is C23H20N2O2S. The Balaban J connectivity index is 1.50. The fourth-order valence-electron chi connectivity index (χ4n) is 3.15. The molecule has 0 fully saturated rings. The van der Waals surface area contributed by atoms with Crippen LogP contribution in [0.25, 0.3) is 11.5 Å². The molecule has 28 heavy (non-hydrogen) atoms. The van der Waals surface area contributed by atoms with E-state index in [1.54, 1.807) is 11.3 Å². The molecule has 4 rings (SSSR count). The molecule has 0 aliphatic rings. The van der Waals surface area contributed by atoms with Crippen molar-refractivity contribution in [1.82, 2.24) is 10.3 Å². The fourth-order valence-corrected chi connectivity index (χ4v) is 3.75. The monoisotopic (exact) mass is 388 g/mol. The summed E-state index contributed by atoms with van der Waals surface area (Å²) >= 11 is 1.59. The molecule has 2 aromatic heterocycles. The molecule has 1 amide bonds. The number of hydrogen-bond acceptors (Lipinski definition) is 4. The second-order valence-electron chi connectivity index (χ2n) is 6.49. The van der Waals surface area contributed by atoms with Gasteiger partial charge in [0.05, 0.1) is 17.5 Å². The van der Waals surface area contributed by atoms with Crippen molar-refractivity contribution in [3.63, 3.8) is 0 Å². The van der Waals surface area contributed by atoms with Gasteiger partial charge in [0.15, 0.2) is 5.76 Å². The molecule has 0 spiro atoms. The van der Waals surface area contributed by atoms with E-state index in [1.807, 2.05) is 85.1 Å². The number of amides is 1. The number of aromatic nitrogens is 1. The van der Waals surface area contributed by atoms with Crippen molar-refractivity contribution in [2.75, 3.05) is 0 Å². The van der Waals surface area contributed by atoms with Gasteiger partial charge < -0.3 is 9.73 Å². The molecule has 2 heterocycles. The van der Waals surface area contributed by atoms with Crippen molar-refractivity contribution < 1.29 is 9.21 Å². The molecule has 1 N–H and O–H groups in total. The second-order valence-corrected chi connectivity index (χ2v) is 7.55. The average molecular weight is 388 g/mol. The molecule has 0 atom stereocenters. The molecule has 140 valence electrons. The van der Waals surface area contributed by atoms with E-state index >= 15 is 0 Å². The Hall–Kier alpha value is -3.18. The number of hydrogen-bond donors (Lipinski definition) is 1. The minimum absolute atomic E-state index is 0.0557. The first-order valence-corrected chi connectivity index (χ1v) is 9.97. The van der Waals surface area contributed by atoms with Crippen molar-refractivity contribution in [3.8, 4) is 11.5 Å². The van der Waals surface area contributed by atoms with Crippen molar-refractivity contribution in [2.24, 2.45) is 0 Å². The fraction of sp³-hybridized carbons (Fsp3) is 0.130. The summed E-state index contributed by atoms with van der Waals surface area (Å²) in [5.41, 5.74) is 2.75. The molecule has 0 aliphatic carbocycles. The van der Waals surface area contributed by atoms with E-state index in [0.29, 0.717) is 12.3 Å². The third-order valence-electron chi connectivity index (χ3n) is 4.50. The maximum Gasteiger partial charge on any atom is 0.232 e. The van der Waals surface area contributed by atoms with Crippen LogP contribution in [0, 0.1) is 6.92 Å². The first-order chi connectivity index (χ1) is 13.7. The predicted octanol–water partition coefficient (Wildman–Crippen LogP) is 5.16. The van der Waals surface area contributed by atoms with Crippen molar-refractivity contribution >= 4 is 17.2 Å². The zero-order valence-electron chi connectivity index (χ0n) is 15.5. The smallest absolute Gasteiger partial charge is 0.232 e. The van der Waals surface area contributed by atoms with Gasteiger partial charge in [0.1, 0.15) is 11.5 Å². The zero-order chi connectivity index (χ0) is 19.3. The summed E-state index contributed by atoms with van der Waals surface area (Å²) in [4.78, 5) is 17.5. The Labute approximate surface area is 167 Å². The molecule has 0 saturated carbocycles. The summed E-state index contributed by atoms with van der Waals surface area (Å²) < 4.78 is 5.85. The molecule has 4 aromatic rings. The Morgan fingerprint density at radius 2 is 1.64 bits per heavy atom. The number of thiazole rings is 1. The number of nitrogens with zero attached hydrogens (tertiary/aromatic N) is 1. The van der Waals surface area contributed by atoms with Crippen LogP contribution in [0.2, 0.25) is 0 Å². The van der Waals surface area contributed by atoms with Gasteiger partial charge in [0.25, 0.3) is 0 Å². The number of benzene rings is 2. The lowest BCUT2D eigenvalue weighted by Crippen LogP contribution is -2.29. The topological polar surface area (TPSA) is 55.1 Å². The number of aryl methyl sites for hydroxylation is 1. The predicted molar refractivity (Wildman–Crippen MR) is 111 cm³/mol. The summed E-state index contributed by atoms with van der Waals surface area (Å²) in [5, 5.41) is 5.98. The highest BCUT2D eigenvalue weighted by atomic mass is 32.1. The lowest BCUT2D eigenvalue weighted by atomic mass is 9.90. The SMILES string of the molecule is Cc1nc(-c2ccc(CNC(=O)C(c3ccccc3)c3ccccc3)o2)cs1. The Morgan fingerprint density at radius 3 is 2.21 bits per heavy atom. The first kappa shape index (κ1) is 18.2. The lowest BCUT2D eigenvalue weighted by molar-refractivity contribution is -0.121. The summed E-state index contributed by atoms with van der Waals surface area (Å²) in [5.74, 6) is 1.00. The van der Waals surface area contributed by atoms with Crippen LogP contribution in [0.4, 0.5) is 0 Å². The largest absolute Gasteiger partial charge is 0.458 e. The van der Waals surface area contributed by atoms with Crippen LogP contribution < -0.4 is 5.32 Å². The highest BCUT2D eigenvalue weighted by Crippen LogP contribution is 2.26. The first-order valence-electron chi connectivity index (χ1n) is 9.09. The van der Waals surface area contributed by atoms with Crippen molar-refractivity contribution in [3.05, 3.63) is 100 Å². The van der Waals surface area contributed by atoms with Gasteiger partial charge in [0.2, 0.25) is 5.91 Å². The van der Waals surface area contributed by atoms with Gasteiger partial charge in [-0.15, -0.1) is 11.3 Å². The van der Waals surface area contributed by atoms with Crippen molar-refractivity contribution in [1.29, 1.82) is 0 Å². The zero-order valence-corrected chi connectivity index (χ0v) is 16.3. The van der Waals surface area contributed by atoms with Crippen LogP contribution in [-0.2, 0) is 11.3 Å². The van der Waals surface area contributed by atoms with Gasteiger partial charge in [-0.2, -0.15) is 0 Å². The van der Waals surface area contributed by atoms with Gasteiger partial charge in [-0.1, -0.05) is 60.7 Å². The minimum Gasteiger partial charge on any atom is -0.458 e. The van der Waals surface area contributed by atoms with Gasteiger partial charge in [-0.05, 0) is 30.2 Å². The van der Waals surface area contributed by atoms with Gasteiger partial charge in [-0.25, -0.2) is 4.98 Å². The van der Waals surface area contributed by atoms with E-state index in [0.717, 1.165) is 27.6 Å². The van der Waals surface area contributed by atoms with E-state index in [4.69, 9.17) is 4.42 Å². The molecule has 2 aromatic carbocycles. The third-order valence-corrected chi connectivity index (χ3v) is 5.27. The number of carbonyl (C=O) groups is 1. The highest BCUT2D eigenvalue weighted by molar-refractivity contribution is 7.09. The maximum atomic E-state index is 13.0. The summed E-state index contributed by atoms with van der Waals surface area (Å²) in [6.07, 6.45) is 0. The molecule has 4 nitrogen and oxygen atoms in total. The molecule has 0 aliphatic heterocycles. The second kappa shape index (κ2) is 8.23. The van der Waals surface area contributed by atoms with E-state index in [1.165, 1.54) is 0 Å². The summed E-state index contributed by atoms with van der Waals surface area (Å²) in [6, 6.07) is 23.4. The van der Waals surface area contributed by atoms with Crippen LogP contribution >= 0.6 is 11.3 Å². The molecular weight excluding hydrogens is 368 g/mol. The Kier molecular flexibility index (Phi) is 5.35. The Morgan fingerprint density at radius 1 is 1.00 bits per heavy atom. The molecule has 0 unspecified atom stereocenters. The van der Waals surface area contributed by atoms with Gasteiger partial charge in [0, 0.05) is 5.38 Å². The number of furan rings is 1. The summed E-state index contributed by atoms with van der Waals surface area (Å²) in [6.45, 7) is 2.30. The number of rotatable bonds is 6. The van der Waals surface area contributed by atoms with Crippen LogP contribution in [0.1, 0.15) is 27.8 Å². The summed E-state index contributed by atoms with van der Waals surface area (Å²) in [7, 11) is 0. The average Bonchev–Trinajstić information content (AvgIpc) is 3.37.